The Morgan fingerprint density at radius 3 is 2.31 bits per heavy atom. The molecule has 58 heavy (non-hydrogen) atoms. The van der Waals surface area contributed by atoms with Crippen LogP contribution >= 0.6 is 0 Å². The van der Waals surface area contributed by atoms with Crippen LogP contribution in [0.25, 0.3) is 11.3 Å². The summed E-state index contributed by atoms with van der Waals surface area (Å²) in [6.07, 6.45) is 4.22. The molecule has 1 aromatic heterocycles. The van der Waals surface area contributed by atoms with E-state index in [-0.39, 0.29) is 29.9 Å². The van der Waals surface area contributed by atoms with Gasteiger partial charge in [-0.1, -0.05) is 30.3 Å². The van der Waals surface area contributed by atoms with Gasteiger partial charge in [0.15, 0.2) is 0 Å². The third-order valence-electron chi connectivity index (χ3n) is 10.8. The van der Waals surface area contributed by atoms with E-state index in [1.165, 1.54) is 5.56 Å². The molecule has 0 radical (unpaired) electrons. The Morgan fingerprint density at radius 2 is 1.57 bits per heavy atom. The van der Waals surface area contributed by atoms with Crippen molar-refractivity contribution in [3.8, 4) is 11.3 Å². The largest absolute Gasteiger partial charge is 0.444 e. The minimum absolute atomic E-state index is 0.0641. The summed E-state index contributed by atoms with van der Waals surface area (Å²) < 4.78 is 5.51. The third-order valence-corrected chi connectivity index (χ3v) is 10.8. The summed E-state index contributed by atoms with van der Waals surface area (Å²) in [6, 6.07) is 24.3. The zero-order valence-electron chi connectivity index (χ0n) is 34.7. The number of benzene rings is 3. The van der Waals surface area contributed by atoms with Crippen LogP contribution in [-0.4, -0.2) is 109 Å². The van der Waals surface area contributed by atoms with Gasteiger partial charge in [-0.15, -0.1) is 0 Å². The normalized spacial score (nSPS) is 15.6. The van der Waals surface area contributed by atoms with E-state index in [0.29, 0.717) is 72.9 Å². The number of piperazine rings is 1. The number of pyridine rings is 1. The van der Waals surface area contributed by atoms with Crippen molar-refractivity contribution in [2.75, 3.05) is 69.6 Å². The predicted octanol–water partition coefficient (Wildman–Crippen LogP) is 7.28. The molecule has 2 heterocycles. The molecule has 1 saturated heterocycles. The number of amides is 4. The number of fused-ring (bicyclic) bond motifs is 1. The number of hydrogen-bond donors (Lipinski definition) is 2. The summed E-state index contributed by atoms with van der Waals surface area (Å²) in [5.41, 5.74) is 5.85. The Bertz CT molecular complexity index is 2100. The Labute approximate surface area is 342 Å². The highest BCUT2D eigenvalue weighted by molar-refractivity contribution is 6.08. The highest BCUT2D eigenvalue weighted by atomic mass is 16.6. The summed E-state index contributed by atoms with van der Waals surface area (Å²) in [6.45, 7) is 15.0. The van der Waals surface area contributed by atoms with Crippen molar-refractivity contribution in [1.82, 2.24) is 25.0 Å². The van der Waals surface area contributed by atoms with Gasteiger partial charge in [-0.3, -0.25) is 24.3 Å². The van der Waals surface area contributed by atoms with Crippen LogP contribution in [0.1, 0.15) is 95.7 Å². The number of nitrogens with one attached hydrogen (secondary N) is 2. The first-order chi connectivity index (χ1) is 27.8. The van der Waals surface area contributed by atoms with E-state index in [0.717, 1.165) is 43.6 Å². The molecule has 1 aliphatic carbocycles. The molecule has 1 unspecified atom stereocenters. The average Bonchev–Trinajstić information content (AvgIpc) is 3.23. The zero-order chi connectivity index (χ0) is 41.4. The highest BCUT2D eigenvalue weighted by Gasteiger charge is 2.27. The van der Waals surface area contributed by atoms with E-state index >= 15 is 0 Å². The van der Waals surface area contributed by atoms with Crippen LogP contribution < -0.4 is 15.5 Å². The molecule has 0 saturated carbocycles. The number of aromatic nitrogens is 1. The van der Waals surface area contributed by atoms with E-state index in [1.54, 1.807) is 59.4 Å². The monoisotopic (exact) mass is 787 g/mol. The van der Waals surface area contributed by atoms with Crippen LogP contribution in [0.2, 0.25) is 0 Å². The summed E-state index contributed by atoms with van der Waals surface area (Å²) >= 11 is 0. The van der Waals surface area contributed by atoms with Gasteiger partial charge in [0.1, 0.15) is 5.60 Å². The molecule has 306 valence electrons. The Balaban J connectivity index is 1.14. The van der Waals surface area contributed by atoms with Crippen molar-refractivity contribution < 1.29 is 23.9 Å². The number of rotatable bonds is 12. The number of anilines is 2. The molecule has 2 aliphatic rings. The van der Waals surface area contributed by atoms with E-state index in [4.69, 9.17) is 4.74 Å². The standard InChI is InChI=1S/C46H57N7O5/c1-7-52(8-2)36-19-20-40(38(31-36)41-30-34(21-22-47-41)43(55)48-39-18-12-14-32-13-9-10-17-37(32)39)49-42(54)33-15-11-16-35(29-33)44(56)50(6)23-24-51-25-27-53(28-26-51)45(57)58-46(3,4)5/h9-11,13,15-17,19-22,29-31,39H,7-8,12,14,18,23-28H2,1-6H3,(H,48,55)(H,49,54). The maximum absolute atomic E-state index is 13.9. The first kappa shape index (κ1) is 41.9. The van der Waals surface area contributed by atoms with Gasteiger partial charge >= 0.3 is 6.09 Å². The van der Waals surface area contributed by atoms with Gasteiger partial charge in [0.2, 0.25) is 0 Å². The molecular formula is C46H57N7O5. The number of hydrogen-bond acceptors (Lipinski definition) is 8. The Hall–Kier alpha value is -5.75. The van der Waals surface area contributed by atoms with Crippen LogP contribution in [0.4, 0.5) is 16.2 Å². The first-order valence-corrected chi connectivity index (χ1v) is 20.4. The molecule has 1 aliphatic heterocycles. The van der Waals surface area contributed by atoms with Gasteiger partial charge in [-0.25, -0.2) is 4.79 Å². The van der Waals surface area contributed by atoms with Crippen LogP contribution in [0.5, 0.6) is 0 Å². The van der Waals surface area contributed by atoms with E-state index in [1.807, 2.05) is 51.1 Å². The van der Waals surface area contributed by atoms with Gasteiger partial charge in [0.05, 0.1) is 17.4 Å². The lowest BCUT2D eigenvalue weighted by atomic mass is 9.87. The van der Waals surface area contributed by atoms with Crippen LogP contribution in [-0.2, 0) is 11.2 Å². The maximum Gasteiger partial charge on any atom is 0.410 e. The Kier molecular flexibility index (Phi) is 13.5. The van der Waals surface area contributed by atoms with E-state index < -0.39 is 5.60 Å². The number of carbonyl (C=O) groups excluding carboxylic acids is 4. The predicted molar refractivity (Wildman–Crippen MR) is 228 cm³/mol. The lowest BCUT2D eigenvalue weighted by Gasteiger charge is -2.36. The van der Waals surface area contributed by atoms with Crippen molar-refractivity contribution >= 4 is 35.2 Å². The molecule has 12 nitrogen and oxygen atoms in total. The van der Waals surface area contributed by atoms with Crippen molar-refractivity contribution in [3.05, 3.63) is 113 Å². The van der Waals surface area contributed by atoms with Gasteiger partial charge in [0.25, 0.3) is 17.7 Å². The Morgan fingerprint density at radius 1 is 0.845 bits per heavy atom. The smallest absolute Gasteiger partial charge is 0.410 e. The minimum atomic E-state index is -0.539. The minimum Gasteiger partial charge on any atom is -0.444 e. The van der Waals surface area contributed by atoms with Gasteiger partial charge in [0, 0.05) is 93.5 Å². The second kappa shape index (κ2) is 18.7. The molecule has 3 aromatic carbocycles. The topological polar surface area (TPSA) is 127 Å². The molecule has 4 amide bonds. The van der Waals surface area contributed by atoms with Crippen molar-refractivity contribution in [3.63, 3.8) is 0 Å². The summed E-state index contributed by atoms with van der Waals surface area (Å²) in [5, 5.41) is 6.32. The first-order valence-electron chi connectivity index (χ1n) is 20.4. The molecule has 2 N–H and O–H groups in total. The molecule has 1 atom stereocenters. The lowest BCUT2D eigenvalue weighted by Crippen LogP contribution is -2.51. The number of ether oxygens (including phenoxy) is 1. The van der Waals surface area contributed by atoms with Crippen molar-refractivity contribution in [2.45, 2.75) is 65.5 Å². The van der Waals surface area contributed by atoms with Crippen molar-refractivity contribution in [2.24, 2.45) is 0 Å². The van der Waals surface area contributed by atoms with Gasteiger partial charge in [-0.2, -0.15) is 0 Å². The summed E-state index contributed by atoms with van der Waals surface area (Å²) in [7, 11) is 1.76. The van der Waals surface area contributed by atoms with Crippen LogP contribution in [0, 0.1) is 0 Å². The number of nitrogens with zero attached hydrogens (tertiary/aromatic N) is 5. The van der Waals surface area contributed by atoms with Crippen LogP contribution in [0.15, 0.2) is 85.1 Å². The fourth-order valence-corrected chi connectivity index (χ4v) is 7.58. The fourth-order valence-electron chi connectivity index (χ4n) is 7.58. The quantitative estimate of drug-likeness (QED) is 0.154. The molecule has 1 fully saturated rings. The second-order valence-electron chi connectivity index (χ2n) is 16.0. The molecule has 6 rings (SSSR count). The maximum atomic E-state index is 13.9. The fraction of sp³-hybridized carbons (Fsp3) is 0.413. The molecule has 12 heteroatoms. The number of likely N-dealkylation sites (N-methyl/N-ethyl adjacent to an activating group) is 1. The van der Waals surface area contributed by atoms with Gasteiger partial charge < -0.3 is 30.1 Å². The zero-order valence-corrected chi connectivity index (χ0v) is 34.7. The molecule has 4 aromatic rings. The summed E-state index contributed by atoms with van der Waals surface area (Å²) in [4.78, 5) is 66.1. The van der Waals surface area contributed by atoms with E-state index in [9.17, 15) is 19.2 Å². The highest BCUT2D eigenvalue weighted by Crippen LogP contribution is 2.33. The third kappa shape index (κ3) is 10.4. The summed E-state index contributed by atoms with van der Waals surface area (Å²) in [5.74, 6) is -0.743. The molecule has 0 spiro atoms. The number of aryl methyl sites for hydroxylation is 1. The molecule has 0 bridgehead atoms. The van der Waals surface area contributed by atoms with E-state index in [2.05, 4.69) is 51.4 Å². The number of carbonyl (C=O) groups is 4. The van der Waals surface area contributed by atoms with Crippen molar-refractivity contribution in [1.29, 1.82) is 0 Å². The second-order valence-corrected chi connectivity index (χ2v) is 16.0. The molecular weight excluding hydrogens is 731 g/mol. The SMILES string of the molecule is CCN(CC)c1ccc(NC(=O)c2cccc(C(=O)N(C)CCN3CCN(C(=O)OC(C)(C)C)CC3)c2)c(-c2cc(C(=O)NC3CCCc4ccccc43)ccn2)c1. The van der Waals surface area contributed by atoms with Crippen LogP contribution in [0.3, 0.4) is 0 Å². The lowest BCUT2D eigenvalue weighted by molar-refractivity contribution is 0.0141. The average molecular weight is 788 g/mol. The van der Waals surface area contributed by atoms with Gasteiger partial charge in [-0.05, 0) is 114 Å².